The van der Waals surface area contributed by atoms with Gasteiger partial charge in [0.25, 0.3) is 0 Å². The molecule has 1 aliphatic heterocycles. The number of piperidine rings is 1. The van der Waals surface area contributed by atoms with E-state index in [0.29, 0.717) is 29.3 Å². The van der Waals surface area contributed by atoms with Crippen molar-refractivity contribution in [3.8, 4) is 11.8 Å². The van der Waals surface area contributed by atoms with Gasteiger partial charge in [0.15, 0.2) is 0 Å². The molecule has 2 aromatic heterocycles. The van der Waals surface area contributed by atoms with E-state index in [9.17, 15) is 0 Å². The molecule has 2 aromatic rings. The topological polar surface area (TPSA) is 60.4 Å². The van der Waals surface area contributed by atoms with Crippen LogP contribution in [0.5, 0.6) is 11.8 Å². The van der Waals surface area contributed by atoms with E-state index in [-0.39, 0.29) is 0 Å². The number of methoxy groups -OCH3 is 1. The van der Waals surface area contributed by atoms with Gasteiger partial charge in [0.2, 0.25) is 11.8 Å². The largest absolute Gasteiger partial charge is 0.481 e. The summed E-state index contributed by atoms with van der Waals surface area (Å²) in [4.78, 5) is 14.8. The molecule has 1 atom stereocenters. The Bertz CT molecular complexity index is 655. The molecule has 0 spiro atoms. The lowest BCUT2D eigenvalue weighted by atomic mass is 9.99. The molecule has 3 heterocycles. The van der Waals surface area contributed by atoms with Gasteiger partial charge in [-0.25, -0.2) is 15.0 Å². The van der Waals surface area contributed by atoms with Crippen LogP contribution in [-0.2, 0) is 0 Å². The predicted octanol–water partition coefficient (Wildman–Crippen LogP) is 2.83. The van der Waals surface area contributed by atoms with Crippen molar-refractivity contribution in [2.45, 2.75) is 12.8 Å². The number of aromatic nitrogens is 3. The Morgan fingerprint density at radius 2 is 2.26 bits per heavy atom. The standard InChI is InChI=1S/C16H19ClN4O2/c1-22-15-8-14(19-11-20-15)21-7-3-4-12(9-21)10-23-16-13(17)5-2-6-18-16/h2,5-6,8,11-12H,3-4,7,9-10H2,1H3. The van der Waals surface area contributed by atoms with Crippen molar-refractivity contribution in [2.75, 3.05) is 31.7 Å². The molecule has 1 fully saturated rings. The van der Waals surface area contributed by atoms with E-state index in [1.807, 2.05) is 6.07 Å². The highest BCUT2D eigenvalue weighted by Crippen LogP contribution is 2.25. The van der Waals surface area contributed by atoms with Crippen LogP contribution in [0, 0.1) is 5.92 Å². The highest BCUT2D eigenvalue weighted by atomic mass is 35.5. The summed E-state index contributed by atoms with van der Waals surface area (Å²) < 4.78 is 10.9. The maximum absolute atomic E-state index is 6.07. The summed E-state index contributed by atoms with van der Waals surface area (Å²) in [7, 11) is 1.61. The molecule has 0 amide bonds. The van der Waals surface area contributed by atoms with E-state index >= 15 is 0 Å². The van der Waals surface area contributed by atoms with Crippen molar-refractivity contribution in [3.63, 3.8) is 0 Å². The molecule has 0 radical (unpaired) electrons. The summed E-state index contributed by atoms with van der Waals surface area (Å²) in [5.41, 5.74) is 0. The Kier molecular flexibility index (Phi) is 5.12. The summed E-state index contributed by atoms with van der Waals surface area (Å²) in [6.07, 6.45) is 5.42. The van der Waals surface area contributed by atoms with E-state index in [1.54, 1.807) is 25.4 Å². The molecule has 3 rings (SSSR count). The van der Waals surface area contributed by atoms with Crippen molar-refractivity contribution < 1.29 is 9.47 Å². The molecule has 122 valence electrons. The third-order valence-electron chi connectivity index (χ3n) is 3.86. The van der Waals surface area contributed by atoms with Crippen LogP contribution in [0.25, 0.3) is 0 Å². The van der Waals surface area contributed by atoms with Crippen LogP contribution in [0.4, 0.5) is 5.82 Å². The Morgan fingerprint density at radius 3 is 3.09 bits per heavy atom. The molecule has 1 aliphatic rings. The fourth-order valence-corrected chi connectivity index (χ4v) is 2.87. The normalized spacial score (nSPS) is 17.8. The van der Waals surface area contributed by atoms with Crippen LogP contribution in [0.1, 0.15) is 12.8 Å². The van der Waals surface area contributed by atoms with Gasteiger partial charge >= 0.3 is 0 Å². The monoisotopic (exact) mass is 334 g/mol. The van der Waals surface area contributed by atoms with Crippen LogP contribution in [0.3, 0.4) is 0 Å². The first-order chi connectivity index (χ1) is 11.3. The summed E-state index contributed by atoms with van der Waals surface area (Å²) in [6.45, 7) is 2.45. The summed E-state index contributed by atoms with van der Waals surface area (Å²) in [6, 6.07) is 5.43. The number of pyridine rings is 1. The number of halogens is 1. The fraction of sp³-hybridized carbons (Fsp3) is 0.438. The molecule has 0 aliphatic carbocycles. The minimum atomic E-state index is 0.405. The lowest BCUT2D eigenvalue weighted by molar-refractivity contribution is 0.221. The molecular formula is C16H19ClN4O2. The van der Waals surface area contributed by atoms with Crippen molar-refractivity contribution >= 4 is 17.4 Å². The van der Waals surface area contributed by atoms with Crippen LogP contribution in [0.2, 0.25) is 5.02 Å². The molecule has 23 heavy (non-hydrogen) atoms. The lowest BCUT2D eigenvalue weighted by Gasteiger charge is -2.33. The molecule has 0 saturated carbocycles. The van der Waals surface area contributed by atoms with Gasteiger partial charge in [-0.2, -0.15) is 0 Å². The molecule has 1 unspecified atom stereocenters. The zero-order valence-electron chi connectivity index (χ0n) is 13.0. The molecule has 6 nitrogen and oxygen atoms in total. The predicted molar refractivity (Wildman–Crippen MR) is 88.3 cm³/mol. The molecule has 0 bridgehead atoms. The fourth-order valence-electron chi connectivity index (χ4n) is 2.70. The summed E-state index contributed by atoms with van der Waals surface area (Å²) in [5, 5.41) is 0.542. The second kappa shape index (κ2) is 7.46. The third kappa shape index (κ3) is 4.01. The molecule has 7 heteroatoms. The smallest absolute Gasteiger partial charge is 0.232 e. The minimum Gasteiger partial charge on any atom is -0.481 e. The molecule has 1 saturated heterocycles. The Balaban J connectivity index is 1.61. The van der Waals surface area contributed by atoms with Gasteiger partial charge in [0, 0.05) is 31.3 Å². The minimum absolute atomic E-state index is 0.405. The van der Waals surface area contributed by atoms with Gasteiger partial charge in [-0.05, 0) is 25.0 Å². The number of hydrogen-bond donors (Lipinski definition) is 0. The zero-order valence-corrected chi connectivity index (χ0v) is 13.7. The van der Waals surface area contributed by atoms with Crippen LogP contribution in [0.15, 0.2) is 30.7 Å². The molecule has 0 N–H and O–H groups in total. The zero-order chi connectivity index (χ0) is 16.1. The van der Waals surface area contributed by atoms with Crippen molar-refractivity contribution in [1.82, 2.24) is 15.0 Å². The Hall–Kier alpha value is -2.08. The Labute approximate surface area is 140 Å². The van der Waals surface area contributed by atoms with Crippen LogP contribution in [-0.4, -0.2) is 41.8 Å². The number of nitrogens with zero attached hydrogens (tertiary/aromatic N) is 4. The number of ether oxygens (including phenoxy) is 2. The summed E-state index contributed by atoms with van der Waals surface area (Å²) >= 11 is 6.07. The van der Waals surface area contributed by atoms with E-state index < -0.39 is 0 Å². The highest BCUT2D eigenvalue weighted by Gasteiger charge is 2.22. The first-order valence-electron chi connectivity index (χ1n) is 7.60. The first-order valence-corrected chi connectivity index (χ1v) is 7.98. The van der Waals surface area contributed by atoms with E-state index in [0.717, 1.165) is 31.7 Å². The van der Waals surface area contributed by atoms with Gasteiger partial charge in [-0.1, -0.05) is 11.6 Å². The van der Waals surface area contributed by atoms with E-state index in [2.05, 4.69) is 19.9 Å². The molecule has 0 aromatic carbocycles. The quantitative estimate of drug-likeness (QED) is 0.838. The van der Waals surface area contributed by atoms with Gasteiger partial charge in [-0.15, -0.1) is 0 Å². The second-order valence-corrected chi connectivity index (χ2v) is 5.88. The second-order valence-electron chi connectivity index (χ2n) is 5.47. The lowest BCUT2D eigenvalue weighted by Crippen LogP contribution is -2.38. The van der Waals surface area contributed by atoms with E-state index in [1.165, 1.54) is 6.33 Å². The van der Waals surface area contributed by atoms with Crippen LogP contribution < -0.4 is 14.4 Å². The van der Waals surface area contributed by atoms with E-state index in [4.69, 9.17) is 21.1 Å². The third-order valence-corrected chi connectivity index (χ3v) is 4.15. The van der Waals surface area contributed by atoms with Crippen molar-refractivity contribution in [2.24, 2.45) is 5.92 Å². The van der Waals surface area contributed by atoms with Gasteiger partial charge in [-0.3, -0.25) is 0 Å². The Morgan fingerprint density at radius 1 is 1.35 bits per heavy atom. The number of anilines is 1. The van der Waals surface area contributed by atoms with Crippen LogP contribution >= 0.6 is 11.6 Å². The SMILES string of the molecule is COc1cc(N2CCCC(COc3ncccc3Cl)C2)ncn1. The average Bonchev–Trinajstić information content (AvgIpc) is 2.61. The molecular weight excluding hydrogens is 316 g/mol. The number of rotatable bonds is 5. The van der Waals surface area contributed by atoms with Gasteiger partial charge < -0.3 is 14.4 Å². The maximum atomic E-state index is 6.07. The highest BCUT2D eigenvalue weighted by molar-refractivity contribution is 6.31. The maximum Gasteiger partial charge on any atom is 0.232 e. The van der Waals surface area contributed by atoms with Gasteiger partial charge in [0.05, 0.1) is 13.7 Å². The van der Waals surface area contributed by atoms with Crippen molar-refractivity contribution in [1.29, 1.82) is 0 Å². The summed E-state index contributed by atoms with van der Waals surface area (Å²) in [5.74, 6) is 2.36. The average molecular weight is 335 g/mol. The van der Waals surface area contributed by atoms with Crippen molar-refractivity contribution in [3.05, 3.63) is 35.7 Å². The number of hydrogen-bond acceptors (Lipinski definition) is 6. The first kappa shape index (κ1) is 15.8. The van der Waals surface area contributed by atoms with Gasteiger partial charge in [0.1, 0.15) is 17.2 Å².